The highest BCUT2D eigenvalue weighted by Crippen LogP contribution is 2.28. The van der Waals surface area contributed by atoms with Gasteiger partial charge in [-0.1, -0.05) is 18.2 Å². The molecular weight excluding hydrogens is 380 g/mol. The zero-order chi connectivity index (χ0) is 18.4. The second-order valence-electron chi connectivity index (χ2n) is 6.51. The van der Waals surface area contributed by atoms with E-state index in [4.69, 9.17) is 4.98 Å². The number of anilines is 1. The molecule has 1 aromatic carbocycles. The van der Waals surface area contributed by atoms with Crippen molar-refractivity contribution < 1.29 is 8.42 Å². The lowest BCUT2D eigenvalue weighted by atomic mass is 10.2. The number of hydrogen-bond acceptors (Lipinski definition) is 5. The Hall–Kier alpha value is -2.42. The molecule has 1 fully saturated rings. The SMILES string of the molecule is O=S(=O)(c1cccs1)N1CCN(c2nc3ccccc3n3cccc23)CC1. The van der Waals surface area contributed by atoms with Crippen molar-refractivity contribution in [1.82, 2.24) is 13.7 Å². The fourth-order valence-corrected chi connectivity index (χ4v) is 6.18. The molecule has 3 aromatic heterocycles. The molecule has 1 aliphatic heterocycles. The number of aromatic nitrogens is 2. The van der Waals surface area contributed by atoms with Crippen LogP contribution in [-0.4, -0.2) is 48.3 Å². The van der Waals surface area contributed by atoms with Crippen molar-refractivity contribution >= 4 is 43.7 Å². The summed E-state index contributed by atoms with van der Waals surface area (Å²) in [6, 6.07) is 15.6. The second kappa shape index (κ2) is 6.33. The summed E-state index contributed by atoms with van der Waals surface area (Å²) in [4.78, 5) is 7.06. The van der Waals surface area contributed by atoms with Gasteiger partial charge in [-0.3, -0.25) is 0 Å². The van der Waals surface area contributed by atoms with Crippen LogP contribution in [0.3, 0.4) is 0 Å². The van der Waals surface area contributed by atoms with E-state index in [9.17, 15) is 8.42 Å². The molecule has 4 aromatic rings. The first-order valence-corrected chi connectivity index (χ1v) is 11.1. The van der Waals surface area contributed by atoms with E-state index in [1.807, 2.05) is 30.5 Å². The molecule has 5 rings (SSSR count). The third-order valence-corrected chi connectivity index (χ3v) is 8.24. The van der Waals surface area contributed by atoms with E-state index in [-0.39, 0.29) is 0 Å². The van der Waals surface area contributed by atoms with E-state index < -0.39 is 10.0 Å². The molecule has 1 aliphatic rings. The van der Waals surface area contributed by atoms with Crippen LogP contribution in [0.4, 0.5) is 5.82 Å². The van der Waals surface area contributed by atoms with E-state index in [2.05, 4.69) is 21.4 Å². The van der Waals surface area contributed by atoms with Gasteiger partial charge in [-0.15, -0.1) is 11.3 Å². The molecule has 0 radical (unpaired) electrons. The Bertz CT molecular complexity index is 1210. The number of para-hydroxylation sites is 2. The maximum Gasteiger partial charge on any atom is 0.252 e. The fourth-order valence-electron chi connectivity index (χ4n) is 3.62. The molecule has 0 unspecified atom stereocenters. The summed E-state index contributed by atoms with van der Waals surface area (Å²) in [6.07, 6.45) is 2.04. The lowest BCUT2D eigenvalue weighted by Crippen LogP contribution is -2.48. The van der Waals surface area contributed by atoms with Crippen LogP contribution in [0.15, 0.2) is 64.3 Å². The van der Waals surface area contributed by atoms with Gasteiger partial charge in [0.2, 0.25) is 0 Å². The number of sulfonamides is 1. The molecule has 0 amide bonds. The zero-order valence-corrected chi connectivity index (χ0v) is 16.2. The van der Waals surface area contributed by atoms with Crippen LogP contribution in [0.1, 0.15) is 0 Å². The van der Waals surface area contributed by atoms with Crippen molar-refractivity contribution in [3.05, 3.63) is 60.1 Å². The molecule has 1 saturated heterocycles. The second-order valence-corrected chi connectivity index (χ2v) is 9.62. The largest absolute Gasteiger partial charge is 0.352 e. The van der Waals surface area contributed by atoms with Crippen molar-refractivity contribution in [3.8, 4) is 0 Å². The molecule has 0 N–H and O–H groups in total. The molecule has 0 saturated carbocycles. The van der Waals surface area contributed by atoms with Crippen LogP contribution in [0, 0.1) is 0 Å². The molecule has 8 heteroatoms. The van der Waals surface area contributed by atoms with E-state index in [1.54, 1.807) is 21.8 Å². The summed E-state index contributed by atoms with van der Waals surface area (Å²) in [5.41, 5.74) is 3.05. The normalized spacial score (nSPS) is 16.4. The molecule has 0 bridgehead atoms. The van der Waals surface area contributed by atoms with Crippen LogP contribution in [0.2, 0.25) is 0 Å². The average molecular weight is 399 g/mol. The van der Waals surface area contributed by atoms with Crippen LogP contribution in [-0.2, 0) is 10.0 Å². The minimum absolute atomic E-state index is 0.411. The van der Waals surface area contributed by atoms with Gasteiger partial charge < -0.3 is 9.30 Å². The maximum atomic E-state index is 12.7. The van der Waals surface area contributed by atoms with Crippen LogP contribution >= 0.6 is 11.3 Å². The number of nitrogens with zero attached hydrogens (tertiary/aromatic N) is 4. The monoisotopic (exact) mass is 398 g/mol. The number of hydrogen-bond donors (Lipinski definition) is 0. The van der Waals surface area contributed by atoms with E-state index in [0.717, 1.165) is 22.4 Å². The van der Waals surface area contributed by atoms with Crippen LogP contribution < -0.4 is 4.90 Å². The maximum absolute atomic E-state index is 12.7. The lowest BCUT2D eigenvalue weighted by molar-refractivity contribution is 0.385. The van der Waals surface area contributed by atoms with Crippen molar-refractivity contribution in [3.63, 3.8) is 0 Å². The highest BCUT2D eigenvalue weighted by Gasteiger charge is 2.30. The number of rotatable bonds is 3. The summed E-state index contributed by atoms with van der Waals surface area (Å²) in [5.74, 6) is 0.909. The number of benzene rings is 1. The highest BCUT2D eigenvalue weighted by atomic mass is 32.2. The summed E-state index contributed by atoms with van der Waals surface area (Å²) >= 11 is 1.27. The molecule has 4 heterocycles. The van der Waals surface area contributed by atoms with Crippen molar-refractivity contribution in [2.24, 2.45) is 0 Å². The average Bonchev–Trinajstić information content (AvgIpc) is 3.40. The van der Waals surface area contributed by atoms with Crippen LogP contribution in [0.25, 0.3) is 16.6 Å². The van der Waals surface area contributed by atoms with Crippen molar-refractivity contribution in [2.75, 3.05) is 31.1 Å². The minimum atomic E-state index is -3.39. The van der Waals surface area contributed by atoms with Crippen molar-refractivity contribution in [2.45, 2.75) is 4.21 Å². The van der Waals surface area contributed by atoms with Crippen LogP contribution in [0.5, 0.6) is 0 Å². The van der Waals surface area contributed by atoms with Gasteiger partial charge in [-0.2, -0.15) is 4.31 Å². The minimum Gasteiger partial charge on any atom is -0.352 e. The Balaban J connectivity index is 1.46. The Kier molecular flexibility index (Phi) is 3.92. The first-order valence-electron chi connectivity index (χ1n) is 8.79. The number of thiophene rings is 1. The zero-order valence-electron chi connectivity index (χ0n) is 14.5. The summed E-state index contributed by atoms with van der Waals surface area (Å²) in [6.45, 7) is 2.16. The fraction of sp³-hybridized carbons (Fsp3) is 0.211. The number of fused-ring (bicyclic) bond motifs is 3. The first kappa shape index (κ1) is 16.7. The Labute approximate surface area is 161 Å². The third-order valence-electron chi connectivity index (χ3n) is 4.97. The van der Waals surface area contributed by atoms with E-state index in [1.165, 1.54) is 11.3 Å². The van der Waals surface area contributed by atoms with Gasteiger partial charge in [0.05, 0.1) is 16.6 Å². The quantitative estimate of drug-likeness (QED) is 0.532. The molecule has 27 heavy (non-hydrogen) atoms. The Morgan fingerprint density at radius 1 is 0.889 bits per heavy atom. The number of piperazine rings is 1. The van der Waals surface area contributed by atoms with Gasteiger partial charge in [0.15, 0.2) is 5.82 Å². The van der Waals surface area contributed by atoms with Gasteiger partial charge in [0, 0.05) is 32.4 Å². The van der Waals surface area contributed by atoms with Crippen molar-refractivity contribution in [1.29, 1.82) is 0 Å². The van der Waals surface area contributed by atoms with Gasteiger partial charge in [-0.05, 0) is 35.7 Å². The van der Waals surface area contributed by atoms with Gasteiger partial charge >= 0.3 is 0 Å². The Morgan fingerprint density at radius 3 is 2.44 bits per heavy atom. The summed E-state index contributed by atoms with van der Waals surface area (Å²) < 4.78 is 29.6. The standard InChI is InChI=1S/C19H18N4O2S2/c24-27(25,18-8-4-14-26-18)22-12-10-21(11-13-22)19-17-7-3-9-23(17)16-6-2-1-5-15(16)20-19/h1-9,14H,10-13H2. The lowest BCUT2D eigenvalue weighted by Gasteiger charge is -2.34. The first-order chi connectivity index (χ1) is 13.1. The molecule has 0 spiro atoms. The topological polar surface area (TPSA) is 57.9 Å². The summed E-state index contributed by atoms with van der Waals surface area (Å²) in [7, 11) is -3.39. The van der Waals surface area contributed by atoms with Gasteiger partial charge in [0.25, 0.3) is 10.0 Å². The Morgan fingerprint density at radius 2 is 1.67 bits per heavy atom. The molecular formula is C19H18N4O2S2. The smallest absolute Gasteiger partial charge is 0.252 e. The highest BCUT2D eigenvalue weighted by molar-refractivity contribution is 7.91. The van der Waals surface area contributed by atoms with Gasteiger partial charge in [-0.25, -0.2) is 13.4 Å². The van der Waals surface area contributed by atoms with E-state index >= 15 is 0 Å². The van der Waals surface area contributed by atoms with Gasteiger partial charge in [0.1, 0.15) is 4.21 Å². The molecule has 0 atom stereocenters. The molecule has 6 nitrogen and oxygen atoms in total. The molecule has 138 valence electrons. The third kappa shape index (κ3) is 2.72. The summed E-state index contributed by atoms with van der Waals surface area (Å²) in [5, 5.41) is 1.80. The molecule has 0 aliphatic carbocycles. The predicted molar refractivity (Wildman–Crippen MR) is 108 cm³/mol. The predicted octanol–water partition coefficient (Wildman–Crippen LogP) is 3.06. The van der Waals surface area contributed by atoms with E-state index in [0.29, 0.717) is 30.4 Å².